The van der Waals surface area contributed by atoms with E-state index in [4.69, 9.17) is 4.98 Å². The van der Waals surface area contributed by atoms with Gasteiger partial charge in [0, 0.05) is 42.7 Å². The number of benzene rings is 1. The first-order valence-electron chi connectivity index (χ1n) is 11.4. The molecule has 3 heterocycles. The Hall–Kier alpha value is -2.41. The van der Waals surface area contributed by atoms with Crippen molar-refractivity contribution in [2.45, 2.75) is 44.2 Å². The molecule has 2 aliphatic heterocycles. The lowest BCUT2D eigenvalue weighted by Gasteiger charge is -2.36. The quantitative estimate of drug-likeness (QED) is 0.682. The summed E-state index contributed by atoms with van der Waals surface area (Å²) >= 11 is 0. The molecule has 2 aromatic rings. The summed E-state index contributed by atoms with van der Waals surface area (Å²) in [6, 6.07) is 11.2. The van der Waals surface area contributed by atoms with E-state index in [1.54, 1.807) is 0 Å². The van der Waals surface area contributed by atoms with Crippen LogP contribution in [-0.4, -0.2) is 53.9 Å². The summed E-state index contributed by atoms with van der Waals surface area (Å²) in [6.07, 6.45) is -0.129. The lowest BCUT2D eigenvalue weighted by molar-refractivity contribution is -0.138. The molecule has 2 aliphatic rings. The number of alkyl halides is 3. The van der Waals surface area contributed by atoms with Crippen molar-refractivity contribution in [2.24, 2.45) is 5.92 Å². The number of halogens is 3. The largest absolute Gasteiger partial charge is 0.416 e. The normalized spacial score (nSPS) is 19.3. The van der Waals surface area contributed by atoms with Crippen LogP contribution in [0.5, 0.6) is 0 Å². The number of amides is 1. The van der Waals surface area contributed by atoms with Crippen LogP contribution < -0.4 is 0 Å². The molecule has 1 amide bonds. The first-order chi connectivity index (χ1) is 15.3. The fraction of sp³-hybridized carbons (Fsp3) is 0.520. The number of rotatable bonds is 4. The van der Waals surface area contributed by atoms with Crippen LogP contribution in [-0.2, 0) is 17.4 Å². The lowest BCUT2D eigenvalue weighted by atomic mass is 9.90. The Balaban J connectivity index is 1.33. The summed E-state index contributed by atoms with van der Waals surface area (Å²) in [5, 5.41) is 0. The Morgan fingerprint density at radius 3 is 2.25 bits per heavy atom. The second-order valence-electron chi connectivity index (χ2n) is 9.10. The standard InChI is InChI=1S/C25H30F3N3O/c1-30-13-9-20(10-14-30)24(32)31-15-11-19(12-16-31)23-4-2-3-22(29-23)17-18-5-7-21(8-6-18)25(26,27)28/h2-8,19-20H,9-17H2,1H3. The predicted octanol–water partition coefficient (Wildman–Crippen LogP) is 4.74. The summed E-state index contributed by atoms with van der Waals surface area (Å²) in [5.41, 5.74) is 2.04. The number of aromatic nitrogens is 1. The van der Waals surface area contributed by atoms with Crippen molar-refractivity contribution in [3.63, 3.8) is 0 Å². The highest BCUT2D eigenvalue weighted by molar-refractivity contribution is 5.79. The zero-order valence-electron chi connectivity index (χ0n) is 18.4. The average molecular weight is 446 g/mol. The minimum atomic E-state index is -4.32. The van der Waals surface area contributed by atoms with E-state index in [1.165, 1.54) is 12.1 Å². The van der Waals surface area contributed by atoms with Gasteiger partial charge in [-0.2, -0.15) is 13.2 Å². The topological polar surface area (TPSA) is 36.4 Å². The Labute approximate surface area is 187 Å². The van der Waals surface area contributed by atoms with Crippen LogP contribution in [0.2, 0.25) is 0 Å². The zero-order chi connectivity index (χ0) is 22.7. The molecule has 0 N–H and O–H groups in total. The van der Waals surface area contributed by atoms with Gasteiger partial charge in [-0.05, 0) is 75.6 Å². The smallest absolute Gasteiger partial charge is 0.342 e. The molecule has 0 spiro atoms. The van der Waals surface area contributed by atoms with Gasteiger partial charge in [-0.1, -0.05) is 18.2 Å². The van der Waals surface area contributed by atoms with Gasteiger partial charge in [-0.3, -0.25) is 9.78 Å². The molecule has 0 radical (unpaired) electrons. The van der Waals surface area contributed by atoms with E-state index in [1.807, 2.05) is 23.1 Å². The Bertz CT molecular complexity index is 913. The van der Waals surface area contributed by atoms with E-state index < -0.39 is 11.7 Å². The van der Waals surface area contributed by atoms with Crippen molar-refractivity contribution >= 4 is 5.91 Å². The Morgan fingerprint density at radius 1 is 0.969 bits per heavy atom. The maximum atomic E-state index is 12.9. The average Bonchev–Trinajstić information content (AvgIpc) is 2.79. The van der Waals surface area contributed by atoms with Gasteiger partial charge in [0.2, 0.25) is 5.91 Å². The maximum Gasteiger partial charge on any atom is 0.416 e. The molecule has 4 nitrogen and oxygen atoms in total. The van der Waals surface area contributed by atoms with Crippen molar-refractivity contribution in [1.29, 1.82) is 0 Å². The molecule has 1 aromatic carbocycles. The number of nitrogens with zero attached hydrogens (tertiary/aromatic N) is 3. The minimum absolute atomic E-state index is 0.160. The summed E-state index contributed by atoms with van der Waals surface area (Å²) in [5.74, 6) is 0.776. The Morgan fingerprint density at radius 2 is 1.62 bits per heavy atom. The van der Waals surface area contributed by atoms with E-state index >= 15 is 0 Å². The molecule has 0 aliphatic carbocycles. The highest BCUT2D eigenvalue weighted by Crippen LogP contribution is 2.31. The van der Waals surface area contributed by atoms with Crippen molar-refractivity contribution in [3.05, 3.63) is 65.0 Å². The molecule has 172 valence electrons. The summed E-state index contributed by atoms with van der Waals surface area (Å²) < 4.78 is 38.3. The minimum Gasteiger partial charge on any atom is -0.342 e. The highest BCUT2D eigenvalue weighted by Gasteiger charge is 2.31. The molecular weight excluding hydrogens is 415 g/mol. The van der Waals surface area contributed by atoms with E-state index in [2.05, 4.69) is 11.9 Å². The summed E-state index contributed by atoms with van der Waals surface area (Å²) in [6.45, 7) is 3.51. The number of piperidine rings is 2. The fourth-order valence-corrected chi connectivity index (χ4v) is 4.75. The number of carbonyl (C=O) groups excluding carboxylic acids is 1. The van der Waals surface area contributed by atoms with Crippen LogP contribution >= 0.6 is 0 Å². The van der Waals surface area contributed by atoms with Gasteiger partial charge in [-0.15, -0.1) is 0 Å². The fourth-order valence-electron chi connectivity index (χ4n) is 4.75. The molecule has 4 rings (SSSR count). The van der Waals surface area contributed by atoms with Gasteiger partial charge in [0.05, 0.1) is 5.56 Å². The van der Waals surface area contributed by atoms with Gasteiger partial charge in [0.1, 0.15) is 0 Å². The van der Waals surface area contributed by atoms with Crippen molar-refractivity contribution in [2.75, 3.05) is 33.2 Å². The van der Waals surface area contributed by atoms with Crippen LogP contribution in [0, 0.1) is 5.92 Å². The number of carbonyl (C=O) groups is 1. The van der Waals surface area contributed by atoms with Crippen LogP contribution in [0.15, 0.2) is 42.5 Å². The molecule has 1 aromatic heterocycles. The third-order valence-corrected chi connectivity index (χ3v) is 6.79. The molecule has 0 atom stereocenters. The molecule has 0 saturated carbocycles. The summed E-state index contributed by atoms with van der Waals surface area (Å²) in [7, 11) is 2.10. The first kappa shape index (κ1) is 22.8. The SMILES string of the molecule is CN1CCC(C(=O)N2CCC(c3cccc(Cc4ccc(C(F)(F)F)cc4)n3)CC2)CC1. The predicted molar refractivity (Wildman–Crippen MR) is 117 cm³/mol. The van der Waals surface area contributed by atoms with Gasteiger partial charge in [0.25, 0.3) is 0 Å². The van der Waals surface area contributed by atoms with E-state index in [9.17, 15) is 18.0 Å². The number of pyridine rings is 1. The molecular formula is C25H30F3N3O. The van der Waals surface area contributed by atoms with Crippen molar-refractivity contribution in [3.8, 4) is 0 Å². The lowest BCUT2D eigenvalue weighted by Crippen LogP contribution is -2.44. The first-order valence-corrected chi connectivity index (χ1v) is 11.4. The van der Waals surface area contributed by atoms with E-state index in [0.29, 0.717) is 18.2 Å². The van der Waals surface area contributed by atoms with Crippen LogP contribution in [0.3, 0.4) is 0 Å². The van der Waals surface area contributed by atoms with Gasteiger partial charge in [-0.25, -0.2) is 0 Å². The monoisotopic (exact) mass is 445 g/mol. The molecule has 2 saturated heterocycles. The number of hydrogen-bond acceptors (Lipinski definition) is 3. The van der Waals surface area contributed by atoms with Gasteiger partial charge in [0.15, 0.2) is 0 Å². The van der Waals surface area contributed by atoms with E-state index in [0.717, 1.165) is 80.9 Å². The summed E-state index contributed by atoms with van der Waals surface area (Å²) in [4.78, 5) is 22.0. The van der Waals surface area contributed by atoms with Crippen LogP contribution in [0.4, 0.5) is 13.2 Å². The molecule has 2 fully saturated rings. The molecule has 7 heteroatoms. The number of hydrogen-bond donors (Lipinski definition) is 0. The van der Waals surface area contributed by atoms with Crippen molar-refractivity contribution in [1.82, 2.24) is 14.8 Å². The number of likely N-dealkylation sites (tertiary alicyclic amines) is 2. The van der Waals surface area contributed by atoms with Crippen molar-refractivity contribution < 1.29 is 18.0 Å². The Kier molecular flexibility index (Phi) is 6.84. The van der Waals surface area contributed by atoms with Crippen LogP contribution in [0.25, 0.3) is 0 Å². The van der Waals surface area contributed by atoms with Gasteiger partial charge < -0.3 is 9.80 Å². The molecule has 0 unspecified atom stereocenters. The van der Waals surface area contributed by atoms with Crippen LogP contribution in [0.1, 0.15) is 54.1 Å². The second-order valence-corrected chi connectivity index (χ2v) is 9.10. The third kappa shape index (κ3) is 5.49. The zero-order valence-corrected chi connectivity index (χ0v) is 18.4. The third-order valence-electron chi connectivity index (χ3n) is 6.79. The highest BCUT2D eigenvalue weighted by atomic mass is 19.4. The van der Waals surface area contributed by atoms with E-state index in [-0.39, 0.29) is 5.92 Å². The maximum absolute atomic E-state index is 12.9. The van der Waals surface area contributed by atoms with Gasteiger partial charge >= 0.3 is 6.18 Å². The molecule has 32 heavy (non-hydrogen) atoms. The molecule has 0 bridgehead atoms. The second kappa shape index (κ2) is 9.61.